The molecule has 21 heavy (non-hydrogen) atoms. The van der Waals surface area contributed by atoms with E-state index in [0.717, 1.165) is 24.7 Å². The molecule has 1 atom stereocenters. The van der Waals surface area contributed by atoms with Gasteiger partial charge in [-0.15, -0.1) is 24.0 Å². The molecule has 0 aliphatic carbocycles. The van der Waals surface area contributed by atoms with Gasteiger partial charge in [-0.05, 0) is 25.5 Å². The van der Waals surface area contributed by atoms with Gasteiger partial charge < -0.3 is 15.1 Å². The molecule has 1 aromatic heterocycles. The summed E-state index contributed by atoms with van der Waals surface area (Å²) in [4.78, 5) is 4.26. The minimum atomic E-state index is 0. The molecule has 0 aliphatic rings. The number of furan rings is 1. The van der Waals surface area contributed by atoms with Gasteiger partial charge in [-0.1, -0.05) is 32.6 Å². The molecule has 1 rings (SSSR count). The number of halogens is 1. The zero-order valence-corrected chi connectivity index (χ0v) is 15.9. The molecule has 5 heteroatoms. The predicted molar refractivity (Wildman–Crippen MR) is 101 cm³/mol. The lowest BCUT2D eigenvalue weighted by Crippen LogP contribution is -2.42. The molecule has 0 saturated heterocycles. The number of guanidine groups is 1. The molecule has 0 aliphatic heterocycles. The van der Waals surface area contributed by atoms with Crippen LogP contribution < -0.4 is 10.6 Å². The Morgan fingerprint density at radius 1 is 1.33 bits per heavy atom. The summed E-state index contributed by atoms with van der Waals surface area (Å²) in [5.74, 6) is 1.88. The van der Waals surface area contributed by atoms with E-state index in [9.17, 15) is 0 Å². The maximum atomic E-state index is 5.31. The van der Waals surface area contributed by atoms with Crippen LogP contribution >= 0.6 is 24.0 Å². The number of hydrogen-bond donors (Lipinski definition) is 2. The lowest BCUT2D eigenvalue weighted by molar-refractivity contribution is 0.504. The van der Waals surface area contributed by atoms with E-state index in [1.165, 1.54) is 32.1 Å². The van der Waals surface area contributed by atoms with Crippen molar-refractivity contribution in [3.8, 4) is 0 Å². The Labute approximate surface area is 146 Å². The molecule has 4 nitrogen and oxygen atoms in total. The van der Waals surface area contributed by atoms with E-state index in [1.54, 1.807) is 6.26 Å². The second-order valence-electron chi connectivity index (χ2n) is 5.22. The minimum absolute atomic E-state index is 0. The van der Waals surface area contributed by atoms with Crippen molar-refractivity contribution < 1.29 is 4.42 Å². The van der Waals surface area contributed by atoms with Crippen molar-refractivity contribution in [2.75, 3.05) is 13.6 Å². The minimum Gasteiger partial charge on any atom is -0.469 e. The molecule has 0 radical (unpaired) electrons. The Hall–Kier alpha value is -0.720. The van der Waals surface area contributed by atoms with Gasteiger partial charge in [-0.3, -0.25) is 4.99 Å². The third kappa shape index (κ3) is 9.77. The Kier molecular flexibility index (Phi) is 12.5. The average molecular weight is 407 g/mol. The van der Waals surface area contributed by atoms with Gasteiger partial charge in [-0.2, -0.15) is 0 Å². The number of nitrogens with one attached hydrogen (secondary N) is 2. The van der Waals surface area contributed by atoms with E-state index in [1.807, 2.05) is 19.2 Å². The Balaban J connectivity index is 0.00000400. The molecule has 0 saturated carbocycles. The third-order valence-electron chi connectivity index (χ3n) is 3.34. The molecular weight excluding hydrogens is 377 g/mol. The summed E-state index contributed by atoms with van der Waals surface area (Å²) in [6.45, 7) is 5.29. The summed E-state index contributed by atoms with van der Waals surface area (Å²) in [6.07, 6.45) is 9.01. The normalized spacial score (nSPS) is 12.6. The molecule has 0 aromatic carbocycles. The topological polar surface area (TPSA) is 49.6 Å². The van der Waals surface area contributed by atoms with E-state index < -0.39 is 0 Å². The smallest absolute Gasteiger partial charge is 0.191 e. The first-order chi connectivity index (χ1) is 9.76. The third-order valence-corrected chi connectivity index (χ3v) is 3.34. The quantitative estimate of drug-likeness (QED) is 0.282. The van der Waals surface area contributed by atoms with Crippen molar-refractivity contribution in [3.63, 3.8) is 0 Å². The molecular formula is C16H30IN3O. The molecule has 2 N–H and O–H groups in total. The molecule has 122 valence electrons. The van der Waals surface area contributed by atoms with Gasteiger partial charge in [0.05, 0.1) is 6.26 Å². The first kappa shape index (κ1) is 20.3. The number of rotatable bonds is 9. The zero-order chi connectivity index (χ0) is 14.6. The molecule has 0 fully saturated rings. The summed E-state index contributed by atoms with van der Waals surface area (Å²) in [6, 6.07) is 4.37. The van der Waals surface area contributed by atoms with Crippen LogP contribution in [0.1, 0.15) is 51.7 Å². The van der Waals surface area contributed by atoms with Crippen LogP contribution in [0.25, 0.3) is 0 Å². The highest BCUT2D eigenvalue weighted by molar-refractivity contribution is 14.0. The van der Waals surface area contributed by atoms with E-state index in [0.29, 0.717) is 6.04 Å². The summed E-state index contributed by atoms with van der Waals surface area (Å²) in [5, 5.41) is 6.75. The standard InChI is InChI=1S/C16H29N3O.HI/c1-4-5-6-7-9-14(2)19-16(17-3)18-12-11-15-10-8-13-20-15;/h8,10,13-14H,4-7,9,11-12H2,1-3H3,(H2,17,18,19);1H. The lowest BCUT2D eigenvalue weighted by Gasteiger charge is -2.17. The highest BCUT2D eigenvalue weighted by Crippen LogP contribution is 2.05. The summed E-state index contributed by atoms with van der Waals surface area (Å²) in [5.41, 5.74) is 0. The largest absolute Gasteiger partial charge is 0.469 e. The second kappa shape index (κ2) is 13.0. The molecule has 0 amide bonds. The lowest BCUT2D eigenvalue weighted by atomic mass is 10.1. The predicted octanol–water partition coefficient (Wildman–Crippen LogP) is 3.96. The van der Waals surface area contributed by atoms with E-state index in [2.05, 4.69) is 29.5 Å². The molecule has 1 heterocycles. The van der Waals surface area contributed by atoms with Crippen molar-refractivity contribution in [2.45, 2.75) is 58.4 Å². The number of nitrogens with zero attached hydrogens (tertiary/aromatic N) is 1. The fourth-order valence-electron chi connectivity index (χ4n) is 2.14. The highest BCUT2D eigenvalue weighted by atomic mass is 127. The fourth-order valence-corrected chi connectivity index (χ4v) is 2.14. The van der Waals surface area contributed by atoms with Crippen molar-refractivity contribution >= 4 is 29.9 Å². The van der Waals surface area contributed by atoms with Crippen molar-refractivity contribution in [1.82, 2.24) is 10.6 Å². The summed E-state index contributed by atoms with van der Waals surface area (Å²) >= 11 is 0. The van der Waals surface area contributed by atoms with Crippen LogP contribution in [-0.4, -0.2) is 25.6 Å². The van der Waals surface area contributed by atoms with Crippen LogP contribution in [0.5, 0.6) is 0 Å². The monoisotopic (exact) mass is 407 g/mol. The van der Waals surface area contributed by atoms with Gasteiger partial charge in [-0.25, -0.2) is 0 Å². The maximum absolute atomic E-state index is 5.31. The van der Waals surface area contributed by atoms with E-state index in [-0.39, 0.29) is 24.0 Å². The van der Waals surface area contributed by atoms with Gasteiger partial charge in [0.2, 0.25) is 0 Å². The first-order valence-electron chi connectivity index (χ1n) is 7.75. The van der Waals surface area contributed by atoms with Crippen molar-refractivity contribution in [3.05, 3.63) is 24.2 Å². The van der Waals surface area contributed by atoms with Gasteiger partial charge in [0.1, 0.15) is 5.76 Å². The maximum Gasteiger partial charge on any atom is 0.191 e. The first-order valence-corrected chi connectivity index (χ1v) is 7.75. The van der Waals surface area contributed by atoms with E-state index in [4.69, 9.17) is 4.42 Å². The second-order valence-corrected chi connectivity index (χ2v) is 5.22. The number of aliphatic imine (C=N–C) groups is 1. The van der Waals surface area contributed by atoms with Crippen LogP contribution in [0.15, 0.2) is 27.8 Å². The number of hydrogen-bond acceptors (Lipinski definition) is 2. The SMILES string of the molecule is CCCCCCC(C)NC(=NC)NCCc1ccco1.I. The Bertz CT molecular complexity index is 366. The zero-order valence-electron chi connectivity index (χ0n) is 13.5. The van der Waals surface area contributed by atoms with Crippen molar-refractivity contribution in [1.29, 1.82) is 0 Å². The van der Waals surface area contributed by atoms with Gasteiger partial charge in [0.25, 0.3) is 0 Å². The fraction of sp³-hybridized carbons (Fsp3) is 0.688. The molecule has 0 spiro atoms. The molecule has 1 unspecified atom stereocenters. The van der Waals surface area contributed by atoms with Crippen molar-refractivity contribution in [2.24, 2.45) is 4.99 Å². The van der Waals surface area contributed by atoms with Crippen LogP contribution in [0.2, 0.25) is 0 Å². The Morgan fingerprint density at radius 3 is 2.76 bits per heavy atom. The average Bonchev–Trinajstić information content (AvgIpc) is 2.95. The molecule has 1 aromatic rings. The van der Waals surface area contributed by atoms with Crippen LogP contribution in [0.4, 0.5) is 0 Å². The summed E-state index contributed by atoms with van der Waals surface area (Å²) < 4.78 is 5.31. The Morgan fingerprint density at radius 2 is 2.14 bits per heavy atom. The van der Waals surface area contributed by atoms with Crippen LogP contribution in [0, 0.1) is 0 Å². The van der Waals surface area contributed by atoms with E-state index >= 15 is 0 Å². The van der Waals surface area contributed by atoms with Crippen LogP contribution in [-0.2, 0) is 6.42 Å². The van der Waals surface area contributed by atoms with Gasteiger partial charge in [0, 0.05) is 26.1 Å². The van der Waals surface area contributed by atoms with Gasteiger partial charge in [0.15, 0.2) is 5.96 Å². The number of unbranched alkanes of at least 4 members (excludes halogenated alkanes) is 3. The van der Waals surface area contributed by atoms with Gasteiger partial charge >= 0.3 is 0 Å². The summed E-state index contributed by atoms with van der Waals surface area (Å²) in [7, 11) is 1.81. The van der Waals surface area contributed by atoms with Crippen LogP contribution in [0.3, 0.4) is 0 Å². The molecule has 0 bridgehead atoms. The highest BCUT2D eigenvalue weighted by Gasteiger charge is 2.05.